The Balaban J connectivity index is 1.65. The van der Waals surface area contributed by atoms with E-state index in [1.807, 2.05) is 63.0 Å². The molecule has 0 N–H and O–H groups in total. The monoisotopic (exact) mass is 467 g/mol. The molecule has 0 radical (unpaired) electrons. The highest BCUT2D eigenvalue weighted by Crippen LogP contribution is 2.40. The molecule has 2 bridgehead atoms. The molecule has 7 heteroatoms. The molecule has 0 spiro atoms. The zero-order valence-electron chi connectivity index (χ0n) is 20.8. The van der Waals surface area contributed by atoms with Gasteiger partial charge in [-0.3, -0.25) is 9.88 Å². The average Bonchev–Trinajstić information content (AvgIpc) is 3.07. The molecule has 3 rings (SSSR count). The number of rotatable bonds is 7. The molecule has 2 aliphatic rings. The molecule has 0 aromatic carbocycles. The standard InChI is InChI=1S/C27H37N3O4/c1-6-8-9-20(7-2)19-33-26(32)30-23-10-11-24(30)17-21(16-23)18-29(22-12-14-28-15-13-22)25(31)34-27(3,4)5/h6-9,12-15,21,23-24H,1,10-11,16-19H2,2-5H3/b9-8-,20-7+. The Hall–Kier alpha value is -3.09. The van der Waals surface area contributed by atoms with Crippen LogP contribution in [0.1, 0.15) is 53.4 Å². The van der Waals surface area contributed by atoms with Gasteiger partial charge in [0.15, 0.2) is 0 Å². The number of hydrogen-bond donors (Lipinski definition) is 0. The van der Waals surface area contributed by atoms with E-state index in [9.17, 15) is 9.59 Å². The number of pyridine rings is 1. The third-order valence-electron chi connectivity index (χ3n) is 6.25. The maximum absolute atomic E-state index is 13.0. The van der Waals surface area contributed by atoms with Crippen molar-refractivity contribution in [3.05, 3.63) is 61.0 Å². The SMILES string of the molecule is C=C/C=C\C(=C/C)COC(=O)N1C2CCC1CC(CN(C(=O)OC(C)(C)C)c1ccncc1)C2. The van der Waals surface area contributed by atoms with Gasteiger partial charge in [0.1, 0.15) is 12.2 Å². The Morgan fingerprint density at radius 1 is 1.21 bits per heavy atom. The maximum atomic E-state index is 13.0. The van der Waals surface area contributed by atoms with Crippen LogP contribution < -0.4 is 4.90 Å². The van der Waals surface area contributed by atoms with Gasteiger partial charge in [-0.25, -0.2) is 9.59 Å². The van der Waals surface area contributed by atoms with Gasteiger partial charge in [-0.15, -0.1) is 0 Å². The van der Waals surface area contributed by atoms with Crippen LogP contribution in [-0.4, -0.2) is 52.9 Å². The molecule has 2 fully saturated rings. The third-order valence-corrected chi connectivity index (χ3v) is 6.25. The highest BCUT2D eigenvalue weighted by Gasteiger charge is 2.44. The van der Waals surface area contributed by atoms with E-state index < -0.39 is 5.60 Å². The number of carbonyl (C=O) groups is 2. The van der Waals surface area contributed by atoms with Gasteiger partial charge >= 0.3 is 12.2 Å². The van der Waals surface area contributed by atoms with Crippen LogP contribution in [0.2, 0.25) is 0 Å². The molecule has 1 aromatic heterocycles. The predicted octanol–water partition coefficient (Wildman–Crippen LogP) is 5.89. The topological polar surface area (TPSA) is 72.0 Å². The Kier molecular flexibility index (Phi) is 8.53. The van der Waals surface area contributed by atoms with Crippen LogP contribution >= 0.6 is 0 Å². The average molecular weight is 468 g/mol. The van der Waals surface area contributed by atoms with Crippen molar-refractivity contribution in [3.8, 4) is 0 Å². The van der Waals surface area contributed by atoms with Gasteiger partial charge in [-0.05, 0) is 77.0 Å². The first kappa shape index (κ1) is 25.5. The van der Waals surface area contributed by atoms with Gasteiger partial charge in [0.2, 0.25) is 0 Å². The van der Waals surface area contributed by atoms with Crippen molar-refractivity contribution in [2.45, 2.75) is 71.1 Å². The summed E-state index contributed by atoms with van der Waals surface area (Å²) in [5.41, 5.74) is 1.12. The lowest BCUT2D eigenvalue weighted by atomic mass is 9.90. The fourth-order valence-corrected chi connectivity index (χ4v) is 4.76. The van der Waals surface area contributed by atoms with Crippen LogP contribution in [0.5, 0.6) is 0 Å². The van der Waals surface area contributed by atoms with Crippen LogP contribution in [0.25, 0.3) is 0 Å². The lowest BCUT2D eigenvalue weighted by Crippen LogP contribution is -2.49. The maximum Gasteiger partial charge on any atom is 0.414 e. The quantitative estimate of drug-likeness (QED) is 0.468. The van der Waals surface area contributed by atoms with Crippen molar-refractivity contribution in [2.24, 2.45) is 5.92 Å². The van der Waals surface area contributed by atoms with Gasteiger partial charge < -0.3 is 14.4 Å². The summed E-state index contributed by atoms with van der Waals surface area (Å²) in [6, 6.07) is 3.91. The number of carbonyl (C=O) groups excluding carboxylic acids is 2. The second-order valence-electron chi connectivity index (χ2n) is 9.94. The smallest absolute Gasteiger partial charge is 0.414 e. The van der Waals surface area contributed by atoms with Crippen LogP contribution in [0.4, 0.5) is 15.3 Å². The number of ether oxygens (including phenoxy) is 2. The zero-order chi connectivity index (χ0) is 24.7. The summed E-state index contributed by atoms with van der Waals surface area (Å²) in [6.45, 7) is 12.0. The molecular weight excluding hydrogens is 430 g/mol. The normalized spacial score (nSPS) is 22.5. The molecule has 2 aliphatic heterocycles. The zero-order valence-corrected chi connectivity index (χ0v) is 20.8. The second kappa shape index (κ2) is 11.4. The number of piperidine rings is 1. The van der Waals surface area contributed by atoms with Crippen LogP contribution in [0.3, 0.4) is 0 Å². The van der Waals surface area contributed by atoms with E-state index in [-0.39, 0.29) is 36.8 Å². The molecule has 3 heterocycles. The first-order valence-electron chi connectivity index (χ1n) is 12.0. The lowest BCUT2D eigenvalue weighted by molar-refractivity contribution is 0.0520. The number of fused-ring (bicyclic) bond motifs is 2. The van der Waals surface area contributed by atoms with Crippen LogP contribution in [0.15, 0.2) is 61.0 Å². The largest absolute Gasteiger partial charge is 0.445 e. The molecule has 2 amide bonds. The molecule has 2 unspecified atom stereocenters. The van der Waals surface area contributed by atoms with Crippen molar-refractivity contribution < 1.29 is 19.1 Å². The van der Waals surface area contributed by atoms with E-state index in [0.29, 0.717) is 6.54 Å². The van der Waals surface area contributed by atoms with E-state index >= 15 is 0 Å². The fourth-order valence-electron chi connectivity index (χ4n) is 4.76. The van der Waals surface area contributed by atoms with Crippen molar-refractivity contribution in [1.29, 1.82) is 0 Å². The summed E-state index contributed by atoms with van der Waals surface area (Å²) in [5, 5.41) is 0. The predicted molar refractivity (Wildman–Crippen MR) is 134 cm³/mol. The summed E-state index contributed by atoms with van der Waals surface area (Å²) in [7, 11) is 0. The van der Waals surface area contributed by atoms with Crippen molar-refractivity contribution in [3.63, 3.8) is 0 Å². The van der Waals surface area contributed by atoms with E-state index in [4.69, 9.17) is 9.47 Å². The first-order valence-corrected chi connectivity index (χ1v) is 12.0. The minimum atomic E-state index is -0.582. The molecule has 34 heavy (non-hydrogen) atoms. The second-order valence-corrected chi connectivity index (χ2v) is 9.94. The minimum Gasteiger partial charge on any atom is -0.445 e. The summed E-state index contributed by atoms with van der Waals surface area (Å²) in [6.07, 6.45) is 13.7. The third kappa shape index (κ3) is 6.72. The van der Waals surface area contributed by atoms with Gasteiger partial charge in [0, 0.05) is 31.0 Å². The van der Waals surface area contributed by atoms with E-state index in [2.05, 4.69) is 11.6 Å². The van der Waals surface area contributed by atoms with E-state index in [1.165, 1.54) is 0 Å². The molecule has 0 saturated carbocycles. The Bertz CT molecular complexity index is 906. The molecule has 2 saturated heterocycles. The molecular formula is C27H37N3O4. The molecule has 2 atom stereocenters. The van der Waals surface area contributed by atoms with Gasteiger partial charge in [0.05, 0.1) is 5.69 Å². The van der Waals surface area contributed by atoms with Gasteiger partial charge in [0.25, 0.3) is 0 Å². The molecule has 1 aromatic rings. The number of nitrogens with zero attached hydrogens (tertiary/aromatic N) is 3. The number of amides is 2. The highest BCUT2D eigenvalue weighted by atomic mass is 16.6. The highest BCUT2D eigenvalue weighted by molar-refractivity contribution is 5.87. The van der Waals surface area contributed by atoms with Gasteiger partial charge in [-0.1, -0.05) is 30.9 Å². The van der Waals surface area contributed by atoms with Crippen molar-refractivity contribution >= 4 is 17.9 Å². The Morgan fingerprint density at radius 3 is 2.41 bits per heavy atom. The number of hydrogen-bond acceptors (Lipinski definition) is 5. The minimum absolute atomic E-state index is 0.131. The molecule has 184 valence electrons. The van der Waals surface area contributed by atoms with E-state index in [0.717, 1.165) is 36.9 Å². The molecule has 0 aliphatic carbocycles. The number of aromatic nitrogens is 1. The van der Waals surface area contributed by atoms with Gasteiger partial charge in [-0.2, -0.15) is 0 Å². The number of anilines is 1. The molecule has 7 nitrogen and oxygen atoms in total. The first-order chi connectivity index (χ1) is 16.2. The van der Waals surface area contributed by atoms with E-state index in [1.54, 1.807) is 23.4 Å². The summed E-state index contributed by atoms with van der Waals surface area (Å²) >= 11 is 0. The summed E-state index contributed by atoms with van der Waals surface area (Å²) < 4.78 is 11.3. The fraction of sp³-hybridized carbons (Fsp3) is 0.519. The number of allylic oxidation sites excluding steroid dienone is 3. The van der Waals surface area contributed by atoms with Crippen molar-refractivity contribution in [2.75, 3.05) is 18.1 Å². The Labute approximate surface area is 203 Å². The Morgan fingerprint density at radius 2 is 1.85 bits per heavy atom. The lowest BCUT2D eigenvalue weighted by Gasteiger charge is -2.40. The van der Waals surface area contributed by atoms with Crippen molar-refractivity contribution in [1.82, 2.24) is 9.88 Å². The van der Waals surface area contributed by atoms with Crippen LogP contribution in [-0.2, 0) is 9.47 Å². The van der Waals surface area contributed by atoms with Crippen LogP contribution in [0, 0.1) is 5.92 Å². The summed E-state index contributed by atoms with van der Waals surface area (Å²) in [5.74, 6) is 0.267. The summed E-state index contributed by atoms with van der Waals surface area (Å²) in [4.78, 5) is 33.6.